The van der Waals surface area contributed by atoms with Gasteiger partial charge in [0.05, 0.1) is 14.2 Å². The van der Waals surface area contributed by atoms with Gasteiger partial charge in [0.2, 0.25) is 5.82 Å². The minimum Gasteiger partial charge on any atom is -0.497 e. The fourth-order valence-corrected chi connectivity index (χ4v) is 3.05. The Balaban J connectivity index is 1.54. The predicted molar refractivity (Wildman–Crippen MR) is 114 cm³/mol. The van der Waals surface area contributed by atoms with Crippen molar-refractivity contribution in [3.8, 4) is 40.1 Å². The Hall–Kier alpha value is -3.80. The minimum atomic E-state index is 0.437. The summed E-state index contributed by atoms with van der Waals surface area (Å²) < 4.78 is 22.1. The number of ether oxygens (including phenoxy) is 3. The average molecular weight is 402 g/mol. The topological polar surface area (TPSA) is 66.6 Å². The van der Waals surface area contributed by atoms with E-state index >= 15 is 0 Å². The maximum atomic E-state index is 5.98. The van der Waals surface area contributed by atoms with Gasteiger partial charge in [-0.05, 0) is 60.5 Å². The third-order valence-corrected chi connectivity index (χ3v) is 4.83. The molecule has 152 valence electrons. The summed E-state index contributed by atoms with van der Waals surface area (Å²) in [6.45, 7) is 2.53. The Morgan fingerprint density at radius 1 is 0.833 bits per heavy atom. The third kappa shape index (κ3) is 4.12. The number of methoxy groups -OCH3 is 2. The molecule has 0 N–H and O–H groups in total. The second-order valence-electron chi connectivity index (χ2n) is 6.73. The molecule has 0 radical (unpaired) electrons. The molecule has 0 fully saturated rings. The summed E-state index contributed by atoms with van der Waals surface area (Å²) in [4.78, 5) is 4.50. The molecule has 0 spiro atoms. The molecule has 3 aromatic carbocycles. The van der Waals surface area contributed by atoms with Crippen LogP contribution in [0.25, 0.3) is 22.8 Å². The highest BCUT2D eigenvalue weighted by molar-refractivity contribution is 5.63. The number of benzene rings is 3. The molecule has 0 unspecified atom stereocenters. The molecule has 0 saturated heterocycles. The third-order valence-electron chi connectivity index (χ3n) is 4.83. The van der Waals surface area contributed by atoms with E-state index in [1.165, 1.54) is 5.56 Å². The summed E-state index contributed by atoms with van der Waals surface area (Å²) in [6.07, 6.45) is 0. The molecule has 0 aliphatic carbocycles. The first-order valence-corrected chi connectivity index (χ1v) is 9.52. The van der Waals surface area contributed by atoms with Crippen molar-refractivity contribution < 1.29 is 18.7 Å². The Bertz CT molecular complexity index is 1140. The van der Waals surface area contributed by atoms with E-state index in [0.29, 0.717) is 29.8 Å². The predicted octanol–water partition coefficient (Wildman–Crippen LogP) is 5.31. The van der Waals surface area contributed by atoms with Crippen molar-refractivity contribution in [1.29, 1.82) is 0 Å². The van der Waals surface area contributed by atoms with Crippen LogP contribution in [0.3, 0.4) is 0 Å². The van der Waals surface area contributed by atoms with Gasteiger partial charge in [0, 0.05) is 11.1 Å². The normalized spacial score (nSPS) is 10.6. The minimum absolute atomic E-state index is 0.437. The molecule has 6 heteroatoms. The number of hydrogen-bond donors (Lipinski definition) is 0. The SMILES string of the molecule is COc1ccc(-c2nc(-c3ccc(OCc4ccccc4C)c(OC)c3)no2)cc1. The maximum absolute atomic E-state index is 5.98. The van der Waals surface area contributed by atoms with Gasteiger partial charge in [-0.25, -0.2) is 0 Å². The molecule has 4 aromatic rings. The van der Waals surface area contributed by atoms with Crippen LogP contribution in [0, 0.1) is 6.92 Å². The van der Waals surface area contributed by atoms with Gasteiger partial charge in [0.25, 0.3) is 5.89 Å². The van der Waals surface area contributed by atoms with Gasteiger partial charge in [-0.15, -0.1) is 0 Å². The van der Waals surface area contributed by atoms with Crippen molar-refractivity contribution >= 4 is 0 Å². The zero-order valence-corrected chi connectivity index (χ0v) is 17.1. The lowest BCUT2D eigenvalue weighted by molar-refractivity contribution is 0.284. The molecule has 4 rings (SSSR count). The highest BCUT2D eigenvalue weighted by Crippen LogP contribution is 2.33. The fourth-order valence-electron chi connectivity index (χ4n) is 3.05. The smallest absolute Gasteiger partial charge is 0.258 e. The van der Waals surface area contributed by atoms with E-state index in [9.17, 15) is 0 Å². The Morgan fingerprint density at radius 3 is 2.33 bits per heavy atom. The molecule has 0 aliphatic heterocycles. The Kier molecular flexibility index (Phi) is 5.66. The van der Waals surface area contributed by atoms with Crippen LogP contribution in [-0.2, 0) is 6.61 Å². The molecule has 1 aromatic heterocycles. The molecule has 6 nitrogen and oxygen atoms in total. The first kappa shape index (κ1) is 19.5. The van der Waals surface area contributed by atoms with Gasteiger partial charge in [-0.2, -0.15) is 4.98 Å². The van der Waals surface area contributed by atoms with Gasteiger partial charge >= 0.3 is 0 Å². The first-order chi connectivity index (χ1) is 14.7. The van der Waals surface area contributed by atoms with Crippen LogP contribution in [0.2, 0.25) is 0 Å². The van der Waals surface area contributed by atoms with Gasteiger partial charge in [-0.3, -0.25) is 0 Å². The quantitative estimate of drug-likeness (QED) is 0.417. The van der Waals surface area contributed by atoms with Crippen LogP contribution < -0.4 is 14.2 Å². The van der Waals surface area contributed by atoms with Crippen LogP contribution in [0.1, 0.15) is 11.1 Å². The summed E-state index contributed by atoms with van der Waals surface area (Å²) in [5, 5.41) is 4.10. The van der Waals surface area contributed by atoms with Gasteiger partial charge in [-0.1, -0.05) is 29.4 Å². The molecule has 30 heavy (non-hydrogen) atoms. The number of rotatable bonds is 7. The van der Waals surface area contributed by atoms with Crippen molar-refractivity contribution in [2.45, 2.75) is 13.5 Å². The van der Waals surface area contributed by atoms with Crippen LogP contribution in [0.5, 0.6) is 17.2 Å². The highest BCUT2D eigenvalue weighted by Gasteiger charge is 2.14. The van der Waals surface area contributed by atoms with Crippen LogP contribution >= 0.6 is 0 Å². The number of nitrogens with zero attached hydrogens (tertiary/aromatic N) is 2. The zero-order valence-electron chi connectivity index (χ0n) is 17.1. The molecule has 0 bridgehead atoms. The van der Waals surface area contributed by atoms with Crippen molar-refractivity contribution in [3.05, 3.63) is 77.9 Å². The van der Waals surface area contributed by atoms with E-state index in [4.69, 9.17) is 18.7 Å². The lowest BCUT2D eigenvalue weighted by Crippen LogP contribution is -1.99. The standard InChI is InChI=1S/C24H22N2O4/c1-16-6-4-5-7-19(16)15-29-21-13-10-18(14-22(21)28-3)23-25-24(30-26-23)17-8-11-20(27-2)12-9-17/h4-14H,15H2,1-3H3. The van der Waals surface area contributed by atoms with Crippen molar-refractivity contribution in [3.63, 3.8) is 0 Å². The Labute approximate surface area is 175 Å². The zero-order chi connectivity index (χ0) is 20.9. The summed E-state index contributed by atoms with van der Waals surface area (Å²) in [7, 11) is 3.24. The summed E-state index contributed by atoms with van der Waals surface area (Å²) in [6, 6.07) is 21.2. The van der Waals surface area contributed by atoms with Gasteiger partial charge < -0.3 is 18.7 Å². The maximum Gasteiger partial charge on any atom is 0.258 e. The number of aromatic nitrogens is 2. The average Bonchev–Trinajstić information content (AvgIpc) is 3.29. The van der Waals surface area contributed by atoms with Crippen LogP contribution in [-0.4, -0.2) is 24.4 Å². The van der Waals surface area contributed by atoms with E-state index < -0.39 is 0 Å². The largest absolute Gasteiger partial charge is 0.497 e. The van der Waals surface area contributed by atoms with Gasteiger partial charge in [0.15, 0.2) is 11.5 Å². The van der Waals surface area contributed by atoms with E-state index in [1.807, 2.05) is 54.6 Å². The lowest BCUT2D eigenvalue weighted by Gasteiger charge is -2.12. The molecular weight excluding hydrogens is 380 g/mol. The molecular formula is C24H22N2O4. The number of hydrogen-bond acceptors (Lipinski definition) is 6. The molecule has 0 aliphatic rings. The van der Waals surface area contributed by atoms with Crippen molar-refractivity contribution in [2.75, 3.05) is 14.2 Å². The monoisotopic (exact) mass is 402 g/mol. The summed E-state index contributed by atoms with van der Waals surface area (Å²) in [5.41, 5.74) is 3.91. The van der Waals surface area contributed by atoms with Crippen LogP contribution in [0.15, 0.2) is 71.3 Å². The highest BCUT2D eigenvalue weighted by atomic mass is 16.5. The molecule has 1 heterocycles. The van der Waals surface area contributed by atoms with Crippen molar-refractivity contribution in [1.82, 2.24) is 10.1 Å². The second-order valence-corrected chi connectivity index (χ2v) is 6.73. The van der Waals surface area contributed by atoms with E-state index in [0.717, 1.165) is 22.4 Å². The molecule has 0 atom stereocenters. The van der Waals surface area contributed by atoms with Gasteiger partial charge in [0.1, 0.15) is 12.4 Å². The second kappa shape index (κ2) is 8.69. The van der Waals surface area contributed by atoms with Crippen LogP contribution in [0.4, 0.5) is 0 Å². The lowest BCUT2D eigenvalue weighted by atomic mass is 10.1. The first-order valence-electron chi connectivity index (χ1n) is 9.52. The fraction of sp³-hybridized carbons (Fsp3) is 0.167. The van der Waals surface area contributed by atoms with Crippen molar-refractivity contribution in [2.24, 2.45) is 0 Å². The summed E-state index contributed by atoms with van der Waals surface area (Å²) >= 11 is 0. The molecule has 0 saturated carbocycles. The number of aryl methyl sites for hydroxylation is 1. The van der Waals surface area contributed by atoms with E-state index in [1.54, 1.807) is 14.2 Å². The van der Waals surface area contributed by atoms with E-state index in [2.05, 4.69) is 29.2 Å². The van der Waals surface area contributed by atoms with E-state index in [-0.39, 0.29) is 0 Å². The summed E-state index contributed by atoms with van der Waals surface area (Å²) in [5.74, 6) is 2.95. The Morgan fingerprint density at radius 2 is 1.60 bits per heavy atom. The molecule has 0 amide bonds.